The molecule has 0 heterocycles. The molecule has 0 amide bonds. The van der Waals surface area contributed by atoms with Gasteiger partial charge in [0.05, 0.1) is 0 Å². The zero-order chi connectivity index (χ0) is 23.4. The van der Waals surface area contributed by atoms with Gasteiger partial charge in [0.2, 0.25) is 0 Å². The molecule has 0 bridgehead atoms. The summed E-state index contributed by atoms with van der Waals surface area (Å²) in [6.07, 6.45) is 7.49. The van der Waals surface area contributed by atoms with Gasteiger partial charge in [-0.05, 0) is 88.6 Å². The zero-order valence-corrected chi connectivity index (χ0v) is 20.5. The minimum Gasteiger partial charge on any atom is -0.0955 e. The highest BCUT2D eigenvalue weighted by Gasteiger charge is 2.07. The van der Waals surface area contributed by atoms with Crippen molar-refractivity contribution in [1.82, 2.24) is 0 Å². The maximum absolute atomic E-state index is 4.28. The van der Waals surface area contributed by atoms with Crippen LogP contribution in [0.3, 0.4) is 0 Å². The predicted octanol–water partition coefficient (Wildman–Crippen LogP) is 9.71. The van der Waals surface area contributed by atoms with Gasteiger partial charge in [-0.3, -0.25) is 0 Å². The molecule has 31 heavy (non-hydrogen) atoms. The van der Waals surface area contributed by atoms with E-state index in [0.29, 0.717) is 0 Å². The minimum absolute atomic E-state index is 0.948. The average molecular weight is 413 g/mol. The Morgan fingerprint density at radius 1 is 0.710 bits per heavy atom. The zero-order valence-electron chi connectivity index (χ0n) is 20.5. The second-order valence-electron chi connectivity index (χ2n) is 8.71. The summed E-state index contributed by atoms with van der Waals surface area (Å²) in [6.45, 7) is 24.9. The Kier molecular flexibility index (Phi) is 11.4. The van der Waals surface area contributed by atoms with Crippen molar-refractivity contribution in [2.24, 2.45) is 0 Å². The van der Waals surface area contributed by atoms with Gasteiger partial charge in [-0.1, -0.05) is 103 Å². The molecule has 0 aromatic heterocycles. The fourth-order valence-corrected chi connectivity index (χ4v) is 3.12. The molecular weight excluding hydrogens is 372 g/mol. The molecule has 0 nitrogen and oxygen atoms in total. The Balaban J connectivity index is 0.000000452. The molecule has 2 rings (SSSR count). The lowest BCUT2D eigenvalue weighted by molar-refractivity contribution is 1.02. The molecule has 0 heteroatoms. The van der Waals surface area contributed by atoms with Crippen LogP contribution in [-0.4, -0.2) is 0 Å². The number of aryl methyl sites for hydroxylation is 1. The first kappa shape index (κ1) is 26.2. The Labute approximate surface area is 191 Å². The molecule has 2 aromatic carbocycles. The Morgan fingerprint density at radius 2 is 1.29 bits per heavy atom. The Hall–Kier alpha value is -2.86. The average Bonchev–Trinajstić information content (AvgIpc) is 2.72. The Bertz CT molecular complexity index is 939. The van der Waals surface area contributed by atoms with E-state index in [9.17, 15) is 0 Å². The van der Waals surface area contributed by atoms with Crippen molar-refractivity contribution in [1.29, 1.82) is 0 Å². The summed E-state index contributed by atoms with van der Waals surface area (Å²) in [5.74, 6) is 0. The number of benzene rings is 2. The summed E-state index contributed by atoms with van der Waals surface area (Å²) in [4.78, 5) is 0. The van der Waals surface area contributed by atoms with E-state index in [1.54, 1.807) is 0 Å². The summed E-state index contributed by atoms with van der Waals surface area (Å²) in [5.41, 5.74) is 11.1. The number of rotatable bonds is 8. The first-order valence-electron chi connectivity index (χ1n) is 11.1. The van der Waals surface area contributed by atoms with Crippen molar-refractivity contribution in [3.63, 3.8) is 0 Å². The summed E-state index contributed by atoms with van der Waals surface area (Å²) in [5, 5.41) is 0. The maximum atomic E-state index is 4.28. The van der Waals surface area contributed by atoms with Crippen molar-refractivity contribution in [3.8, 4) is 0 Å². The van der Waals surface area contributed by atoms with Gasteiger partial charge in [0, 0.05) is 0 Å². The molecule has 0 saturated carbocycles. The first-order chi connectivity index (χ1) is 14.6. The largest absolute Gasteiger partial charge is 0.0955 e. The van der Waals surface area contributed by atoms with Gasteiger partial charge in [-0.15, -0.1) is 0 Å². The molecule has 0 saturated heterocycles. The van der Waals surface area contributed by atoms with Crippen LogP contribution in [0, 0.1) is 0 Å². The highest BCUT2D eigenvalue weighted by Crippen LogP contribution is 2.26. The molecule has 0 aliphatic carbocycles. The van der Waals surface area contributed by atoms with E-state index in [0.717, 1.165) is 30.4 Å². The predicted molar refractivity (Wildman–Crippen MR) is 143 cm³/mol. The summed E-state index contributed by atoms with van der Waals surface area (Å²) in [7, 11) is 0. The van der Waals surface area contributed by atoms with E-state index >= 15 is 0 Å². The third-order valence-corrected chi connectivity index (χ3v) is 4.96. The number of hydrogen-bond acceptors (Lipinski definition) is 0. The van der Waals surface area contributed by atoms with Crippen LogP contribution in [0.15, 0.2) is 91.6 Å². The summed E-state index contributed by atoms with van der Waals surface area (Å²) in [6, 6.07) is 17.0. The van der Waals surface area contributed by atoms with Crippen LogP contribution in [0.1, 0.15) is 76.6 Å². The van der Waals surface area contributed by atoms with Crippen molar-refractivity contribution < 1.29 is 0 Å². The van der Waals surface area contributed by atoms with E-state index in [1.165, 1.54) is 39.0 Å². The van der Waals surface area contributed by atoms with Crippen LogP contribution in [0.2, 0.25) is 0 Å². The fourth-order valence-electron chi connectivity index (χ4n) is 3.12. The monoisotopic (exact) mass is 412 g/mol. The second kappa shape index (κ2) is 13.4. The lowest BCUT2D eigenvalue weighted by atomic mass is 9.92. The van der Waals surface area contributed by atoms with Crippen molar-refractivity contribution >= 4 is 16.7 Å². The summed E-state index contributed by atoms with van der Waals surface area (Å²) >= 11 is 0. The van der Waals surface area contributed by atoms with Gasteiger partial charge < -0.3 is 0 Å². The highest BCUT2D eigenvalue weighted by atomic mass is 14.1. The fraction of sp³-hybridized carbons (Fsp3) is 0.290. The SMILES string of the molecule is C=C(C)c1cccc(CCC(=C)c2ccccc2C(=C)C)c1.CC(C)=CCC=C(C)C. The van der Waals surface area contributed by atoms with Gasteiger partial charge in [-0.2, -0.15) is 0 Å². The Morgan fingerprint density at radius 3 is 1.81 bits per heavy atom. The number of hydrogen-bond donors (Lipinski definition) is 0. The smallest absolute Gasteiger partial charge is 0.0155 e. The van der Waals surface area contributed by atoms with Crippen LogP contribution in [0.5, 0.6) is 0 Å². The van der Waals surface area contributed by atoms with Crippen molar-refractivity contribution in [3.05, 3.63) is 114 Å². The van der Waals surface area contributed by atoms with Gasteiger partial charge in [0.1, 0.15) is 0 Å². The minimum atomic E-state index is 0.948. The molecule has 0 radical (unpaired) electrons. The lowest BCUT2D eigenvalue weighted by Gasteiger charge is -2.12. The quantitative estimate of drug-likeness (QED) is 0.378. The topological polar surface area (TPSA) is 0 Å². The molecule has 0 spiro atoms. The molecule has 0 aliphatic rings. The molecule has 164 valence electrons. The molecule has 2 aromatic rings. The standard InChI is InChI=1S/C22H24.C9H16/c1-16(2)20-10-8-9-19(15-20)14-13-18(5)22-12-7-6-11-21(22)17(3)4;1-8(2)6-5-7-9(3)4/h6-12,15H,1,3,5,13-14H2,2,4H3;6-7H,5H2,1-4H3. The number of allylic oxidation sites excluding steroid dienone is 7. The highest BCUT2D eigenvalue weighted by molar-refractivity contribution is 5.77. The van der Waals surface area contributed by atoms with Gasteiger partial charge in [0.15, 0.2) is 0 Å². The van der Waals surface area contributed by atoms with E-state index in [4.69, 9.17) is 0 Å². The van der Waals surface area contributed by atoms with Crippen molar-refractivity contribution in [2.75, 3.05) is 0 Å². The molecule has 0 aliphatic heterocycles. The third-order valence-electron chi connectivity index (χ3n) is 4.96. The molecule has 0 unspecified atom stereocenters. The van der Waals surface area contributed by atoms with Crippen LogP contribution in [0.25, 0.3) is 16.7 Å². The van der Waals surface area contributed by atoms with E-state index in [2.05, 4.69) is 108 Å². The van der Waals surface area contributed by atoms with Crippen LogP contribution in [-0.2, 0) is 6.42 Å². The molecule has 0 N–H and O–H groups in total. The van der Waals surface area contributed by atoms with Gasteiger partial charge in [0.25, 0.3) is 0 Å². The summed E-state index contributed by atoms with van der Waals surface area (Å²) < 4.78 is 0. The first-order valence-corrected chi connectivity index (χ1v) is 11.1. The van der Waals surface area contributed by atoms with Crippen LogP contribution >= 0.6 is 0 Å². The van der Waals surface area contributed by atoms with Gasteiger partial charge in [-0.25, -0.2) is 0 Å². The second-order valence-corrected chi connectivity index (χ2v) is 8.71. The molecular formula is C31H40. The van der Waals surface area contributed by atoms with Crippen LogP contribution in [0.4, 0.5) is 0 Å². The lowest BCUT2D eigenvalue weighted by Crippen LogP contribution is -1.93. The third kappa shape index (κ3) is 10.1. The van der Waals surface area contributed by atoms with Gasteiger partial charge >= 0.3 is 0 Å². The van der Waals surface area contributed by atoms with E-state index < -0.39 is 0 Å². The normalized spacial score (nSPS) is 9.74. The molecule has 0 atom stereocenters. The molecule has 0 fully saturated rings. The maximum Gasteiger partial charge on any atom is -0.0155 e. The van der Waals surface area contributed by atoms with Crippen molar-refractivity contribution in [2.45, 2.75) is 60.8 Å². The van der Waals surface area contributed by atoms with E-state index in [-0.39, 0.29) is 0 Å². The van der Waals surface area contributed by atoms with Crippen LogP contribution < -0.4 is 0 Å². The van der Waals surface area contributed by atoms with E-state index in [1.807, 2.05) is 13.8 Å².